The first kappa shape index (κ1) is 33.3. The van der Waals surface area contributed by atoms with Crippen molar-refractivity contribution in [2.75, 3.05) is 13.1 Å². The van der Waals surface area contributed by atoms with Crippen LogP contribution in [0.2, 0.25) is 0 Å². The number of carbonyl (C=O) groups is 3. The van der Waals surface area contributed by atoms with Crippen LogP contribution in [0.15, 0.2) is 115 Å². The lowest BCUT2D eigenvalue weighted by atomic mass is 10.0. The Kier molecular flexibility index (Phi) is 12.0. The number of alkyl carbamates (subject to hydrolysis) is 1. The molecule has 5 rings (SSSR count). The van der Waals surface area contributed by atoms with Crippen LogP contribution in [0.3, 0.4) is 0 Å². The standard InChI is InChI=1S/C39H43N3O5/c1-30-13-11-25-41(30)39(45)42(26-12-20-31-14-5-2-6-15-31)37(43)36(40-38(44)47-29-34-18-9-4-10-19-34)27-32-21-23-35(24-22-32)46-28-33-16-7-3-8-17-33/h2-10,14-19,21-24,30,36H,11-13,20,25-29H2,1H3,(H,40,44)/t30-,36+/m1/s1. The predicted molar refractivity (Wildman–Crippen MR) is 182 cm³/mol. The largest absolute Gasteiger partial charge is 0.489 e. The molecule has 0 saturated carbocycles. The third-order valence-electron chi connectivity index (χ3n) is 8.40. The van der Waals surface area contributed by atoms with Crippen LogP contribution in [-0.4, -0.2) is 53.0 Å². The number of nitrogens with zero attached hydrogens (tertiary/aromatic N) is 2. The number of hydrogen-bond donors (Lipinski definition) is 1. The maximum Gasteiger partial charge on any atom is 0.408 e. The Bertz CT molecular complexity index is 1570. The van der Waals surface area contributed by atoms with E-state index in [1.165, 1.54) is 4.90 Å². The quantitative estimate of drug-likeness (QED) is 0.169. The number of ether oxygens (including phenoxy) is 2. The van der Waals surface area contributed by atoms with Gasteiger partial charge in [0, 0.05) is 25.6 Å². The average Bonchev–Trinajstić information content (AvgIpc) is 3.55. The van der Waals surface area contributed by atoms with Crippen LogP contribution in [0.5, 0.6) is 5.75 Å². The topological polar surface area (TPSA) is 88.2 Å². The number of carbonyl (C=O) groups excluding carboxylic acids is 3. The van der Waals surface area contributed by atoms with Crippen LogP contribution in [0.4, 0.5) is 9.59 Å². The van der Waals surface area contributed by atoms with Crippen LogP contribution in [-0.2, 0) is 35.6 Å². The van der Waals surface area contributed by atoms with Gasteiger partial charge in [-0.3, -0.25) is 9.69 Å². The minimum atomic E-state index is -1.02. The van der Waals surface area contributed by atoms with Crippen LogP contribution < -0.4 is 10.1 Å². The average molecular weight is 634 g/mol. The van der Waals surface area contributed by atoms with Crippen LogP contribution in [0.25, 0.3) is 0 Å². The zero-order chi connectivity index (χ0) is 32.8. The number of nitrogens with one attached hydrogen (secondary N) is 1. The Morgan fingerprint density at radius 1 is 0.787 bits per heavy atom. The lowest BCUT2D eigenvalue weighted by molar-refractivity contribution is -0.131. The summed E-state index contributed by atoms with van der Waals surface area (Å²) in [5, 5.41) is 2.79. The second-order valence-corrected chi connectivity index (χ2v) is 11.9. The van der Waals surface area contributed by atoms with Crippen molar-refractivity contribution in [3.05, 3.63) is 138 Å². The molecule has 4 amide bonds. The molecule has 244 valence electrons. The summed E-state index contributed by atoms with van der Waals surface area (Å²) in [4.78, 5) is 44.4. The van der Waals surface area contributed by atoms with Gasteiger partial charge >= 0.3 is 12.1 Å². The first-order valence-electron chi connectivity index (χ1n) is 16.3. The van der Waals surface area contributed by atoms with Gasteiger partial charge in [-0.05, 0) is 67.0 Å². The summed E-state index contributed by atoms with van der Waals surface area (Å²) in [6, 6.07) is 35.4. The monoisotopic (exact) mass is 633 g/mol. The summed E-state index contributed by atoms with van der Waals surface area (Å²) in [6.07, 6.45) is 2.56. The van der Waals surface area contributed by atoms with Gasteiger partial charge in [0.2, 0.25) is 0 Å². The zero-order valence-corrected chi connectivity index (χ0v) is 26.9. The highest BCUT2D eigenvalue weighted by Crippen LogP contribution is 2.21. The highest BCUT2D eigenvalue weighted by atomic mass is 16.5. The molecule has 1 aliphatic rings. The van der Waals surface area contributed by atoms with E-state index in [2.05, 4.69) is 5.32 Å². The van der Waals surface area contributed by atoms with Crippen molar-refractivity contribution < 1.29 is 23.9 Å². The third kappa shape index (κ3) is 9.94. The fourth-order valence-electron chi connectivity index (χ4n) is 5.75. The lowest BCUT2D eigenvalue weighted by Crippen LogP contribution is -2.55. The minimum Gasteiger partial charge on any atom is -0.489 e. The number of likely N-dealkylation sites (tertiary alicyclic amines) is 1. The van der Waals surface area contributed by atoms with Gasteiger partial charge in [0.1, 0.15) is 25.0 Å². The molecular formula is C39H43N3O5. The third-order valence-corrected chi connectivity index (χ3v) is 8.40. The van der Waals surface area contributed by atoms with Gasteiger partial charge in [-0.1, -0.05) is 103 Å². The maximum atomic E-state index is 14.3. The van der Waals surface area contributed by atoms with Crippen LogP contribution in [0, 0.1) is 0 Å². The van der Waals surface area contributed by atoms with Crippen molar-refractivity contribution in [3.8, 4) is 5.75 Å². The molecule has 0 aromatic heterocycles. The lowest BCUT2D eigenvalue weighted by Gasteiger charge is -2.32. The van der Waals surface area contributed by atoms with Crippen molar-refractivity contribution in [1.29, 1.82) is 0 Å². The van der Waals surface area contributed by atoms with Crippen LogP contribution in [0.1, 0.15) is 48.4 Å². The van der Waals surface area contributed by atoms with Gasteiger partial charge in [0.15, 0.2) is 0 Å². The summed E-state index contributed by atoms with van der Waals surface area (Å²) < 4.78 is 11.4. The Labute approximate surface area is 277 Å². The minimum absolute atomic E-state index is 0.0394. The Balaban J connectivity index is 1.32. The summed E-state index contributed by atoms with van der Waals surface area (Å²) in [7, 11) is 0. The Morgan fingerprint density at radius 2 is 1.38 bits per heavy atom. The molecule has 4 aromatic carbocycles. The first-order chi connectivity index (χ1) is 23.0. The smallest absolute Gasteiger partial charge is 0.408 e. The Morgan fingerprint density at radius 3 is 1.98 bits per heavy atom. The van der Waals surface area contributed by atoms with Gasteiger partial charge in [-0.2, -0.15) is 0 Å². The van der Waals surface area contributed by atoms with E-state index in [9.17, 15) is 14.4 Å². The molecule has 1 saturated heterocycles. The number of benzene rings is 4. The normalized spacial score (nSPS) is 14.7. The molecule has 1 heterocycles. The second kappa shape index (κ2) is 17.0. The molecule has 1 aliphatic heterocycles. The zero-order valence-electron chi connectivity index (χ0n) is 26.9. The van der Waals surface area contributed by atoms with Crippen molar-refractivity contribution in [1.82, 2.24) is 15.1 Å². The molecule has 0 unspecified atom stereocenters. The molecule has 0 spiro atoms. The van der Waals surface area contributed by atoms with Crippen molar-refractivity contribution >= 4 is 18.0 Å². The number of rotatable bonds is 13. The summed E-state index contributed by atoms with van der Waals surface area (Å²) in [5.41, 5.74) is 3.84. The fraction of sp³-hybridized carbons (Fsp3) is 0.308. The van der Waals surface area contributed by atoms with E-state index < -0.39 is 18.0 Å². The molecule has 8 nitrogen and oxygen atoms in total. The van der Waals surface area contributed by atoms with E-state index in [4.69, 9.17) is 9.47 Å². The van der Waals surface area contributed by atoms with Gasteiger partial charge in [0.25, 0.3) is 5.91 Å². The van der Waals surface area contributed by atoms with Crippen LogP contribution >= 0.6 is 0 Å². The van der Waals surface area contributed by atoms with Gasteiger partial charge in [0.05, 0.1) is 0 Å². The van der Waals surface area contributed by atoms with Crippen molar-refractivity contribution in [2.24, 2.45) is 0 Å². The molecule has 47 heavy (non-hydrogen) atoms. The van der Waals surface area contributed by atoms with Gasteiger partial charge in [-0.15, -0.1) is 0 Å². The molecule has 0 bridgehead atoms. The van der Waals surface area contributed by atoms with Crippen molar-refractivity contribution in [3.63, 3.8) is 0 Å². The second-order valence-electron chi connectivity index (χ2n) is 11.9. The maximum absolute atomic E-state index is 14.3. The highest BCUT2D eigenvalue weighted by molar-refractivity contribution is 5.98. The highest BCUT2D eigenvalue weighted by Gasteiger charge is 2.36. The molecule has 1 N–H and O–H groups in total. The predicted octanol–water partition coefficient (Wildman–Crippen LogP) is 7.17. The van der Waals surface area contributed by atoms with Gasteiger partial charge in [-0.25, -0.2) is 9.59 Å². The van der Waals surface area contributed by atoms with E-state index >= 15 is 0 Å². The Hall–Kier alpha value is -5.11. The molecule has 0 radical (unpaired) electrons. The summed E-state index contributed by atoms with van der Waals surface area (Å²) in [5.74, 6) is 0.236. The fourth-order valence-corrected chi connectivity index (χ4v) is 5.75. The SMILES string of the molecule is C[C@@H]1CCCN1C(=O)N(CCCc1ccccc1)C(=O)[C@H](Cc1ccc(OCc2ccccc2)cc1)NC(=O)OCc1ccccc1. The molecule has 0 aliphatic carbocycles. The number of urea groups is 1. The van der Waals surface area contributed by atoms with E-state index in [0.29, 0.717) is 25.3 Å². The summed E-state index contributed by atoms with van der Waals surface area (Å²) >= 11 is 0. The number of hydrogen-bond acceptors (Lipinski definition) is 5. The molecule has 1 fully saturated rings. The van der Waals surface area contributed by atoms with E-state index in [1.807, 2.05) is 122 Å². The molecule has 4 aromatic rings. The van der Waals surface area contributed by atoms with Crippen molar-refractivity contribution in [2.45, 2.75) is 64.3 Å². The number of amides is 4. The van der Waals surface area contributed by atoms with Gasteiger partial charge < -0.3 is 19.7 Å². The first-order valence-corrected chi connectivity index (χ1v) is 16.3. The van der Waals surface area contributed by atoms with E-state index in [-0.39, 0.29) is 31.6 Å². The number of imide groups is 1. The van der Waals surface area contributed by atoms with E-state index in [1.54, 1.807) is 4.90 Å². The molecule has 8 heteroatoms. The summed E-state index contributed by atoms with van der Waals surface area (Å²) in [6.45, 7) is 3.34. The molecular weight excluding hydrogens is 590 g/mol. The molecule has 2 atom stereocenters. The van der Waals surface area contributed by atoms with E-state index in [0.717, 1.165) is 41.5 Å². The number of aryl methyl sites for hydroxylation is 1.